The molecule has 0 aliphatic carbocycles. The molecule has 0 saturated heterocycles. The molecule has 6 nitrogen and oxygen atoms in total. The molecule has 0 aliphatic rings. The van der Waals surface area contributed by atoms with E-state index in [4.69, 9.17) is 9.84 Å². The minimum atomic E-state index is -0.768. The summed E-state index contributed by atoms with van der Waals surface area (Å²) in [5, 5.41) is 13.8. The first-order chi connectivity index (χ1) is 9.04. The predicted molar refractivity (Wildman–Crippen MR) is 69.5 cm³/mol. The number of methoxy groups -OCH3 is 1. The summed E-state index contributed by atoms with van der Waals surface area (Å²) in [4.78, 5) is 22.8. The maximum atomic E-state index is 11.5. The molecule has 6 heteroatoms. The highest BCUT2D eigenvalue weighted by Gasteiger charge is 2.13. The Balaban J connectivity index is 2.47. The van der Waals surface area contributed by atoms with E-state index in [-0.39, 0.29) is 13.1 Å². The van der Waals surface area contributed by atoms with Gasteiger partial charge in [-0.25, -0.2) is 0 Å². The van der Waals surface area contributed by atoms with Crippen LogP contribution in [-0.2, 0) is 16.1 Å². The van der Waals surface area contributed by atoms with E-state index >= 15 is 0 Å². The molecule has 1 atom stereocenters. The molecule has 3 N–H and O–H groups in total. The van der Waals surface area contributed by atoms with E-state index in [2.05, 4.69) is 10.6 Å². The van der Waals surface area contributed by atoms with Gasteiger partial charge in [-0.05, 0) is 13.0 Å². The van der Waals surface area contributed by atoms with Crippen LogP contribution in [0.5, 0.6) is 5.75 Å². The zero-order chi connectivity index (χ0) is 14.3. The highest BCUT2D eigenvalue weighted by atomic mass is 16.5. The van der Waals surface area contributed by atoms with Crippen molar-refractivity contribution >= 4 is 11.8 Å². The Hall–Kier alpha value is -2.08. The standard InChI is InChI=1S/C13H18N2O4/c1-9(16)7-14-12(17)13(18)15-8-10-5-3-4-6-11(10)19-2/h3-6,9,16H,7-8H2,1-2H3,(H,14,17)(H,15,18). The minimum absolute atomic E-state index is 0.0426. The van der Waals surface area contributed by atoms with E-state index in [0.29, 0.717) is 5.75 Å². The van der Waals surface area contributed by atoms with Crippen molar-refractivity contribution in [2.24, 2.45) is 0 Å². The number of aliphatic hydroxyl groups excluding tert-OH is 1. The summed E-state index contributed by atoms with van der Waals surface area (Å²) in [6, 6.07) is 7.21. The Morgan fingerprint density at radius 2 is 1.89 bits per heavy atom. The van der Waals surface area contributed by atoms with Crippen molar-refractivity contribution in [1.82, 2.24) is 10.6 Å². The Morgan fingerprint density at radius 3 is 2.53 bits per heavy atom. The topological polar surface area (TPSA) is 87.7 Å². The molecule has 0 radical (unpaired) electrons. The van der Waals surface area contributed by atoms with Crippen molar-refractivity contribution in [2.75, 3.05) is 13.7 Å². The van der Waals surface area contributed by atoms with Crippen molar-refractivity contribution in [3.05, 3.63) is 29.8 Å². The van der Waals surface area contributed by atoms with Crippen LogP contribution in [0.1, 0.15) is 12.5 Å². The molecule has 1 rings (SSSR count). The SMILES string of the molecule is COc1ccccc1CNC(=O)C(=O)NCC(C)O. The second-order valence-electron chi connectivity index (χ2n) is 4.05. The van der Waals surface area contributed by atoms with Crippen LogP contribution in [0.4, 0.5) is 0 Å². The first kappa shape index (κ1) is 15.0. The summed E-state index contributed by atoms with van der Waals surface area (Å²) in [6.07, 6.45) is -0.689. The molecule has 1 aromatic rings. The third-order valence-corrected chi connectivity index (χ3v) is 2.40. The number of hydrogen-bond acceptors (Lipinski definition) is 4. The summed E-state index contributed by atoms with van der Waals surface area (Å²) in [5.74, 6) is -0.866. The van der Waals surface area contributed by atoms with Gasteiger partial charge in [0.25, 0.3) is 0 Å². The van der Waals surface area contributed by atoms with Crippen LogP contribution in [0.15, 0.2) is 24.3 Å². The zero-order valence-electron chi connectivity index (χ0n) is 11.0. The highest BCUT2D eigenvalue weighted by molar-refractivity contribution is 6.35. The van der Waals surface area contributed by atoms with Gasteiger partial charge in [0.15, 0.2) is 0 Å². The normalized spacial score (nSPS) is 11.5. The molecule has 0 saturated carbocycles. The zero-order valence-corrected chi connectivity index (χ0v) is 11.0. The third kappa shape index (κ3) is 4.97. The lowest BCUT2D eigenvalue weighted by Crippen LogP contribution is -2.42. The molecule has 0 aromatic heterocycles. The van der Waals surface area contributed by atoms with Gasteiger partial charge in [-0.2, -0.15) is 0 Å². The van der Waals surface area contributed by atoms with Crippen molar-refractivity contribution in [3.63, 3.8) is 0 Å². The van der Waals surface area contributed by atoms with E-state index in [0.717, 1.165) is 5.56 Å². The van der Waals surface area contributed by atoms with E-state index < -0.39 is 17.9 Å². The Kier molecular flexibility index (Phi) is 5.81. The maximum absolute atomic E-state index is 11.5. The number of carbonyl (C=O) groups is 2. The summed E-state index contributed by atoms with van der Waals surface area (Å²) < 4.78 is 5.13. The van der Waals surface area contributed by atoms with Crippen LogP contribution in [0.25, 0.3) is 0 Å². The number of carbonyl (C=O) groups excluding carboxylic acids is 2. The summed E-state index contributed by atoms with van der Waals surface area (Å²) >= 11 is 0. The highest BCUT2D eigenvalue weighted by Crippen LogP contribution is 2.16. The van der Waals surface area contributed by atoms with Gasteiger partial charge in [0, 0.05) is 18.7 Å². The number of hydrogen-bond donors (Lipinski definition) is 3. The monoisotopic (exact) mass is 266 g/mol. The maximum Gasteiger partial charge on any atom is 0.309 e. The van der Waals surface area contributed by atoms with Crippen LogP contribution in [0, 0.1) is 0 Å². The number of benzene rings is 1. The molecule has 19 heavy (non-hydrogen) atoms. The smallest absolute Gasteiger partial charge is 0.309 e. The quantitative estimate of drug-likeness (QED) is 0.645. The molecular formula is C13H18N2O4. The minimum Gasteiger partial charge on any atom is -0.496 e. The summed E-state index contributed by atoms with van der Waals surface area (Å²) in [5.41, 5.74) is 0.779. The van der Waals surface area contributed by atoms with Gasteiger partial charge in [0.05, 0.1) is 13.2 Å². The first-order valence-corrected chi connectivity index (χ1v) is 5.90. The number of amides is 2. The van der Waals surface area contributed by atoms with E-state index in [1.807, 2.05) is 12.1 Å². The van der Waals surface area contributed by atoms with Crippen LogP contribution < -0.4 is 15.4 Å². The molecule has 0 bridgehead atoms. The van der Waals surface area contributed by atoms with Crippen LogP contribution >= 0.6 is 0 Å². The second-order valence-corrected chi connectivity index (χ2v) is 4.05. The Labute approximate surface area is 111 Å². The van der Waals surface area contributed by atoms with Gasteiger partial charge >= 0.3 is 11.8 Å². The molecular weight excluding hydrogens is 248 g/mol. The Morgan fingerprint density at radius 1 is 1.26 bits per heavy atom. The first-order valence-electron chi connectivity index (χ1n) is 5.90. The number of rotatable bonds is 5. The second kappa shape index (κ2) is 7.38. The molecule has 0 fully saturated rings. The van der Waals surface area contributed by atoms with Gasteiger partial charge in [0.2, 0.25) is 0 Å². The van der Waals surface area contributed by atoms with E-state index in [1.54, 1.807) is 12.1 Å². The number of ether oxygens (including phenoxy) is 1. The van der Waals surface area contributed by atoms with Gasteiger partial charge in [-0.1, -0.05) is 18.2 Å². The fraction of sp³-hybridized carbons (Fsp3) is 0.385. The fourth-order valence-corrected chi connectivity index (χ4v) is 1.43. The lowest BCUT2D eigenvalue weighted by atomic mass is 10.2. The van der Waals surface area contributed by atoms with Crippen LogP contribution in [0.2, 0.25) is 0 Å². The van der Waals surface area contributed by atoms with E-state index in [1.165, 1.54) is 14.0 Å². The molecule has 1 unspecified atom stereocenters. The Bertz CT molecular complexity index is 446. The third-order valence-electron chi connectivity index (χ3n) is 2.40. The van der Waals surface area contributed by atoms with Crippen molar-refractivity contribution < 1.29 is 19.4 Å². The molecule has 0 aliphatic heterocycles. The lowest BCUT2D eigenvalue weighted by Gasteiger charge is -2.10. The average molecular weight is 266 g/mol. The van der Waals surface area contributed by atoms with Crippen molar-refractivity contribution in [1.29, 1.82) is 0 Å². The van der Waals surface area contributed by atoms with Crippen LogP contribution in [0.3, 0.4) is 0 Å². The number of nitrogens with one attached hydrogen (secondary N) is 2. The fourth-order valence-electron chi connectivity index (χ4n) is 1.43. The molecule has 2 amide bonds. The van der Waals surface area contributed by atoms with Gasteiger partial charge in [-0.3, -0.25) is 9.59 Å². The van der Waals surface area contributed by atoms with Gasteiger partial charge in [-0.15, -0.1) is 0 Å². The number of aliphatic hydroxyl groups is 1. The molecule has 0 heterocycles. The van der Waals surface area contributed by atoms with Crippen molar-refractivity contribution in [2.45, 2.75) is 19.6 Å². The molecule has 1 aromatic carbocycles. The average Bonchev–Trinajstić information content (AvgIpc) is 2.42. The molecule has 0 spiro atoms. The van der Waals surface area contributed by atoms with Crippen molar-refractivity contribution in [3.8, 4) is 5.75 Å². The van der Waals surface area contributed by atoms with Gasteiger partial charge in [0.1, 0.15) is 5.75 Å². The summed E-state index contributed by atoms with van der Waals surface area (Å²) in [7, 11) is 1.54. The molecule has 104 valence electrons. The summed E-state index contributed by atoms with van der Waals surface area (Å²) in [6.45, 7) is 1.76. The predicted octanol–water partition coefficient (Wildman–Crippen LogP) is -0.192. The van der Waals surface area contributed by atoms with Gasteiger partial charge < -0.3 is 20.5 Å². The van der Waals surface area contributed by atoms with Crippen LogP contribution in [-0.4, -0.2) is 36.7 Å². The lowest BCUT2D eigenvalue weighted by molar-refractivity contribution is -0.139. The number of para-hydroxylation sites is 1. The van der Waals surface area contributed by atoms with E-state index in [9.17, 15) is 9.59 Å². The largest absolute Gasteiger partial charge is 0.496 e.